The molecule has 100 valence electrons. The summed E-state index contributed by atoms with van der Waals surface area (Å²) in [5.41, 5.74) is 6.61. The number of hydrogen-bond acceptors (Lipinski definition) is 4. The predicted molar refractivity (Wildman–Crippen MR) is 73.5 cm³/mol. The number of benzene rings is 2. The molecule has 0 aliphatic heterocycles. The van der Waals surface area contributed by atoms with Crippen molar-refractivity contribution in [3.63, 3.8) is 0 Å². The van der Waals surface area contributed by atoms with Gasteiger partial charge in [-0.2, -0.15) is 0 Å². The highest BCUT2D eigenvalue weighted by Crippen LogP contribution is 2.25. The van der Waals surface area contributed by atoms with E-state index in [0.29, 0.717) is 5.75 Å². The Balaban J connectivity index is 2.13. The lowest BCUT2D eigenvalue weighted by molar-refractivity contribution is 0.268. The molecule has 19 heavy (non-hydrogen) atoms. The molecule has 2 rings (SSSR count). The van der Waals surface area contributed by atoms with Gasteiger partial charge in [-0.25, -0.2) is 0 Å². The van der Waals surface area contributed by atoms with Gasteiger partial charge in [0.2, 0.25) is 0 Å². The number of nitrogens with two attached hydrogens (primary N) is 1. The lowest BCUT2D eigenvalue weighted by Gasteiger charge is -2.11. The van der Waals surface area contributed by atoms with E-state index >= 15 is 0 Å². The average Bonchev–Trinajstić information content (AvgIpc) is 2.47. The molecule has 0 amide bonds. The normalized spacial score (nSPS) is 11.9. The Kier molecular flexibility index (Phi) is 4.39. The molecule has 4 nitrogen and oxygen atoms in total. The third-order valence-corrected chi connectivity index (χ3v) is 2.78. The summed E-state index contributed by atoms with van der Waals surface area (Å²) in [6, 6.07) is 14.3. The number of aliphatic hydroxyl groups excluding tert-OH is 1. The summed E-state index contributed by atoms with van der Waals surface area (Å²) in [6.45, 7) is -0.0913. The fourth-order valence-corrected chi connectivity index (χ4v) is 1.69. The molecular weight excluding hydrogens is 242 g/mol. The summed E-state index contributed by atoms with van der Waals surface area (Å²) in [4.78, 5) is 0. The molecule has 2 aromatic carbocycles. The number of rotatable bonds is 5. The van der Waals surface area contributed by atoms with Crippen LogP contribution in [0, 0.1) is 0 Å². The summed E-state index contributed by atoms with van der Waals surface area (Å²) < 4.78 is 10.8. The van der Waals surface area contributed by atoms with Crippen LogP contribution < -0.4 is 15.2 Å². The maximum Gasteiger partial charge on any atom is 0.127 e. The van der Waals surface area contributed by atoms with E-state index in [4.69, 9.17) is 20.3 Å². The van der Waals surface area contributed by atoms with Crippen molar-refractivity contribution < 1.29 is 14.6 Å². The van der Waals surface area contributed by atoms with Crippen molar-refractivity contribution >= 4 is 0 Å². The highest BCUT2D eigenvalue weighted by Gasteiger charge is 2.06. The van der Waals surface area contributed by atoms with Gasteiger partial charge in [-0.3, -0.25) is 0 Å². The zero-order valence-electron chi connectivity index (χ0n) is 10.7. The van der Waals surface area contributed by atoms with E-state index in [1.54, 1.807) is 7.11 Å². The van der Waals surface area contributed by atoms with Crippen molar-refractivity contribution in [3.05, 3.63) is 54.1 Å². The van der Waals surface area contributed by atoms with Crippen molar-refractivity contribution in [2.45, 2.75) is 6.04 Å². The first-order valence-corrected chi connectivity index (χ1v) is 6.01. The van der Waals surface area contributed by atoms with Crippen molar-refractivity contribution in [2.24, 2.45) is 5.73 Å². The van der Waals surface area contributed by atoms with Crippen LogP contribution in [0.4, 0.5) is 0 Å². The minimum Gasteiger partial charge on any atom is -0.497 e. The molecule has 0 saturated heterocycles. The first kappa shape index (κ1) is 13.4. The van der Waals surface area contributed by atoms with Crippen LogP contribution in [0.15, 0.2) is 48.5 Å². The second-order valence-electron chi connectivity index (χ2n) is 4.14. The minimum absolute atomic E-state index is 0.0913. The SMILES string of the molecule is COc1ccc(Oc2cccc([C@H](N)CO)c2)cc1. The maximum atomic E-state index is 9.05. The Morgan fingerprint density at radius 1 is 1.05 bits per heavy atom. The van der Waals surface area contributed by atoms with Gasteiger partial charge < -0.3 is 20.3 Å². The summed E-state index contributed by atoms with van der Waals surface area (Å²) in [5, 5.41) is 9.05. The highest BCUT2D eigenvalue weighted by atomic mass is 16.5. The van der Waals surface area contributed by atoms with Crippen molar-refractivity contribution in [2.75, 3.05) is 13.7 Å². The van der Waals surface area contributed by atoms with Gasteiger partial charge in [0.25, 0.3) is 0 Å². The Morgan fingerprint density at radius 2 is 1.74 bits per heavy atom. The van der Waals surface area contributed by atoms with Crippen LogP contribution in [0.5, 0.6) is 17.2 Å². The average molecular weight is 259 g/mol. The van der Waals surface area contributed by atoms with E-state index in [9.17, 15) is 0 Å². The van der Waals surface area contributed by atoms with Crippen molar-refractivity contribution in [1.29, 1.82) is 0 Å². The van der Waals surface area contributed by atoms with Crippen LogP contribution in [0.2, 0.25) is 0 Å². The molecule has 0 bridgehead atoms. The summed E-state index contributed by atoms with van der Waals surface area (Å²) in [7, 11) is 1.62. The maximum absolute atomic E-state index is 9.05. The monoisotopic (exact) mass is 259 g/mol. The number of methoxy groups -OCH3 is 1. The number of aliphatic hydroxyl groups is 1. The van der Waals surface area contributed by atoms with Crippen molar-refractivity contribution in [1.82, 2.24) is 0 Å². The predicted octanol–water partition coefficient (Wildman–Crippen LogP) is 2.48. The van der Waals surface area contributed by atoms with Crippen LogP contribution in [-0.2, 0) is 0 Å². The smallest absolute Gasteiger partial charge is 0.127 e. The molecule has 0 fully saturated rings. The molecule has 0 spiro atoms. The van der Waals surface area contributed by atoms with Gasteiger partial charge in [0.05, 0.1) is 19.8 Å². The molecule has 0 heterocycles. The van der Waals surface area contributed by atoms with E-state index in [1.165, 1.54) is 0 Å². The number of hydrogen-bond donors (Lipinski definition) is 2. The van der Waals surface area contributed by atoms with Crippen LogP contribution in [0.1, 0.15) is 11.6 Å². The van der Waals surface area contributed by atoms with Gasteiger partial charge in [0.1, 0.15) is 17.2 Å². The van der Waals surface area contributed by atoms with E-state index in [2.05, 4.69) is 0 Å². The van der Waals surface area contributed by atoms with Gasteiger partial charge >= 0.3 is 0 Å². The van der Waals surface area contributed by atoms with E-state index in [1.807, 2.05) is 48.5 Å². The molecular formula is C15H17NO3. The fourth-order valence-electron chi connectivity index (χ4n) is 1.69. The molecule has 1 atom stereocenters. The lowest BCUT2D eigenvalue weighted by atomic mass is 10.1. The summed E-state index contributed by atoms with van der Waals surface area (Å²) >= 11 is 0. The molecule has 2 aromatic rings. The zero-order chi connectivity index (χ0) is 13.7. The van der Waals surface area contributed by atoms with Gasteiger partial charge in [-0.15, -0.1) is 0 Å². The zero-order valence-corrected chi connectivity index (χ0v) is 10.7. The van der Waals surface area contributed by atoms with Gasteiger partial charge in [0.15, 0.2) is 0 Å². The van der Waals surface area contributed by atoms with Crippen molar-refractivity contribution in [3.8, 4) is 17.2 Å². The van der Waals surface area contributed by atoms with E-state index in [-0.39, 0.29) is 12.6 Å². The fraction of sp³-hybridized carbons (Fsp3) is 0.200. The van der Waals surface area contributed by atoms with Crippen LogP contribution in [0.25, 0.3) is 0 Å². The molecule has 0 saturated carbocycles. The largest absolute Gasteiger partial charge is 0.497 e. The highest BCUT2D eigenvalue weighted by molar-refractivity contribution is 5.37. The third-order valence-electron chi connectivity index (χ3n) is 2.78. The van der Waals surface area contributed by atoms with Crippen LogP contribution in [0.3, 0.4) is 0 Å². The first-order chi connectivity index (χ1) is 9.22. The van der Waals surface area contributed by atoms with Crippen LogP contribution in [-0.4, -0.2) is 18.8 Å². The molecule has 0 aliphatic carbocycles. The minimum atomic E-state index is -0.389. The summed E-state index contributed by atoms with van der Waals surface area (Å²) in [6.07, 6.45) is 0. The van der Waals surface area contributed by atoms with Gasteiger partial charge in [-0.05, 0) is 42.0 Å². The Bertz CT molecular complexity index is 525. The van der Waals surface area contributed by atoms with Gasteiger partial charge in [0, 0.05) is 0 Å². The standard InChI is InChI=1S/C15H17NO3/c1-18-12-5-7-13(8-6-12)19-14-4-2-3-11(9-14)15(16)10-17/h2-9,15,17H,10,16H2,1H3/t15-/m1/s1. The summed E-state index contributed by atoms with van der Waals surface area (Å²) in [5.74, 6) is 2.19. The molecule has 3 N–H and O–H groups in total. The second-order valence-corrected chi connectivity index (χ2v) is 4.14. The lowest BCUT2D eigenvalue weighted by Crippen LogP contribution is -2.14. The number of ether oxygens (including phenoxy) is 2. The molecule has 0 radical (unpaired) electrons. The Morgan fingerprint density at radius 3 is 2.37 bits per heavy atom. The topological polar surface area (TPSA) is 64.7 Å². The third kappa shape index (κ3) is 3.47. The van der Waals surface area contributed by atoms with E-state index in [0.717, 1.165) is 17.1 Å². The second kappa shape index (κ2) is 6.22. The Labute approximate surface area is 112 Å². The quantitative estimate of drug-likeness (QED) is 0.865. The van der Waals surface area contributed by atoms with Crippen LogP contribution >= 0.6 is 0 Å². The molecule has 0 unspecified atom stereocenters. The van der Waals surface area contributed by atoms with Gasteiger partial charge in [-0.1, -0.05) is 12.1 Å². The molecule has 0 aliphatic rings. The molecule has 0 aromatic heterocycles. The first-order valence-electron chi connectivity index (χ1n) is 6.01. The molecule has 4 heteroatoms. The van der Waals surface area contributed by atoms with E-state index < -0.39 is 0 Å². The Hall–Kier alpha value is -2.04.